The van der Waals surface area contributed by atoms with E-state index < -0.39 is 5.41 Å². The second-order valence-corrected chi connectivity index (χ2v) is 14.0. The van der Waals surface area contributed by atoms with Crippen LogP contribution < -0.4 is 0 Å². The van der Waals surface area contributed by atoms with Crippen LogP contribution in [0.4, 0.5) is 0 Å². The van der Waals surface area contributed by atoms with Crippen LogP contribution in [0.2, 0.25) is 0 Å². The molecule has 0 saturated heterocycles. The molecule has 9 aromatic rings. The van der Waals surface area contributed by atoms with Gasteiger partial charge in [0.1, 0.15) is 0 Å². The summed E-state index contributed by atoms with van der Waals surface area (Å²) in [6, 6.07) is 75.5. The molecular formula is C52H35N3. The fourth-order valence-electron chi connectivity index (χ4n) is 8.28. The first-order valence-electron chi connectivity index (χ1n) is 18.7. The number of benzene rings is 8. The van der Waals surface area contributed by atoms with Gasteiger partial charge in [-0.05, 0) is 79.9 Å². The number of nitrogens with zero attached hydrogens (tertiary/aromatic N) is 3. The number of rotatable bonds is 7. The van der Waals surface area contributed by atoms with Crippen molar-refractivity contribution in [1.29, 1.82) is 0 Å². The Bertz CT molecular complexity index is 2670. The number of aromatic nitrogens is 3. The number of hydrogen-bond acceptors (Lipinski definition) is 3. The first-order valence-corrected chi connectivity index (χ1v) is 18.7. The molecule has 0 fully saturated rings. The van der Waals surface area contributed by atoms with E-state index in [1.54, 1.807) is 0 Å². The predicted molar refractivity (Wildman–Crippen MR) is 224 cm³/mol. The largest absolute Gasteiger partial charge is 0.208 e. The molecule has 0 aliphatic heterocycles. The summed E-state index contributed by atoms with van der Waals surface area (Å²) in [5.74, 6) is 1.94. The Hall–Kier alpha value is -7.23. The average Bonchev–Trinajstić information content (AvgIpc) is 3.58. The molecule has 0 bridgehead atoms. The molecule has 3 nitrogen and oxygen atoms in total. The fraction of sp³-hybridized carbons (Fsp3) is 0.0192. The Morgan fingerprint density at radius 3 is 1.20 bits per heavy atom. The molecule has 0 spiro atoms. The van der Waals surface area contributed by atoms with Gasteiger partial charge in [0, 0.05) is 16.7 Å². The molecule has 1 aromatic heterocycles. The van der Waals surface area contributed by atoms with Gasteiger partial charge >= 0.3 is 0 Å². The summed E-state index contributed by atoms with van der Waals surface area (Å²) in [7, 11) is 0. The van der Waals surface area contributed by atoms with Crippen molar-refractivity contribution in [3.05, 3.63) is 235 Å². The standard InChI is InChI=1S/C52H35N3/c1-6-18-36(19-7-1)41-32-42(37-20-8-2-9-21-37)34-44(33-41)52(43-26-14-5-15-27-43)47-29-17-16-28-45(47)46-35-40(30-31-48(46)52)51-54-49(38-22-10-3-11-23-38)53-50(55-51)39-24-12-4-13-25-39/h1-35H. The quantitative estimate of drug-likeness (QED) is 0.166. The Labute approximate surface area is 321 Å². The van der Waals surface area contributed by atoms with Crippen LogP contribution in [0.5, 0.6) is 0 Å². The lowest BCUT2D eigenvalue weighted by molar-refractivity contribution is 0.769. The molecule has 3 heteroatoms. The molecule has 1 unspecified atom stereocenters. The van der Waals surface area contributed by atoms with Gasteiger partial charge in [-0.3, -0.25) is 0 Å². The average molecular weight is 702 g/mol. The van der Waals surface area contributed by atoms with Crippen molar-refractivity contribution in [1.82, 2.24) is 15.0 Å². The lowest BCUT2D eigenvalue weighted by Crippen LogP contribution is -2.28. The SMILES string of the molecule is c1ccc(-c2cc(-c3ccccc3)cc(C3(c4ccccc4)c4ccccc4-c4cc(-c5nc(-c6ccccc6)nc(-c6ccccc6)n5)ccc43)c2)cc1. The van der Waals surface area contributed by atoms with E-state index in [2.05, 4.69) is 152 Å². The third kappa shape index (κ3) is 5.65. The maximum Gasteiger partial charge on any atom is 0.164 e. The van der Waals surface area contributed by atoms with E-state index in [1.165, 1.54) is 55.6 Å². The van der Waals surface area contributed by atoms with Crippen LogP contribution in [0, 0.1) is 0 Å². The zero-order valence-electron chi connectivity index (χ0n) is 30.0. The lowest BCUT2D eigenvalue weighted by Gasteiger charge is -2.34. The topological polar surface area (TPSA) is 38.7 Å². The molecule has 1 aliphatic rings. The lowest BCUT2D eigenvalue weighted by atomic mass is 9.67. The molecule has 8 aromatic carbocycles. The van der Waals surface area contributed by atoms with Crippen molar-refractivity contribution < 1.29 is 0 Å². The maximum atomic E-state index is 5.10. The van der Waals surface area contributed by atoms with E-state index in [0.717, 1.165) is 16.7 Å². The highest BCUT2D eigenvalue weighted by Gasteiger charge is 2.46. The summed E-state index contributed by atoms with van der Waals surface area (Å²) in [6.45, 7) is 0. The van der Waals surface area contributed by atoms with Crippen LogP contribution in [-0.4, -0.2) is 15.0 Å². The van der Waals surface area contributed by atoms with Crippen molar-refractivity contribution in [3.63, 3.8) is 0 Å². The third-order valence-corrected chi connectivity index (χ3v) is 10.8. The number of fused-ring (bicyclic) bond motifs is 3. The van der Waals surface area contributed by atoms with E-state index in [1.807, 2.05) is 60.7 Å². The van der Waals surface area contributed by atoms with Crippen LogP contribution in [-0.2, 0) is 5.41 Å². The van der Waals surface area contributed by atoms with Crippen LogP contribution in [0.15, 0.2) is 212 Å². The summed E-state index contributed by atoms with van der Waals surface area (Å²) in [6.07, 6.45) is 0. The molecule has 55 heavy (non-hydrogen) atoms. The second kappa shape index (κ2) is 13.6. The first kappa shape index (κ1) is 32.4. The van der Waals surface area contributed by atoms with Crippen LogP contribution >= 0.6 is 0 Å². The summed E-state index contributed by atoms with van der Waals surface area (Å²) < 4.78 is 0. The molecule has 0 amide bonds. The van der Waals surface area contributed by atoms with Crippen LogP contribution in [0.3, 0.4) is 0 Å². The van der Waals surface area contributed by atoms with E-state index >= 15 is 0 Å². The molecule has 0 saturated carbocycles. The van der Waals surface area contributed by atoms with Crippen molar-refractivity contribution in [2.75, 3.05) is 0 Å². The van der Waals surface area contributed by atoms with E-state index in [0.29, 0.717) is 17.5 Å². The minimum absolute atomic E-state index is 0.594. The van der Waals surface area contributed by atoms with Gasteiger partial charge in [0.15, 0.2) is 17.5 Å². The Balaban J connectivity index is 1.24. The maximum absolute atomic E-state index is 5.10. The number of hydrogen-bond donors (Lipinski definition) is 0. The minimum atomic E-state index is -0.594. The molecule has 1 heterocycles. The normalized spacial score (nSPS) is 14.3. The Kier molecular flexibility index (Phi) is 8.04. The van der Waals surface area contributed by atoms with Gasteiger partial charge in [-0.1, -0.05) is 188 Å². The molecule has 1 atom stereocenters. The molecule has 258 valence electrons. The third-order valence-electron chi connectivity index (χ3n) is 10.8. The summed E-state index contributed by atoms with van der Waals surface area (Å²) in [5.41, 5.74) is 14.3. The highest BCUT2D eigenvalue weighted by Crippen LogP contribution is 2.57. The minimum Gasteiger partial charge on any atom is -0.208 e. The van der Waals surface area contributed by atoms with Gasteiger partial charge in [0.25, 0.3) is 0 Å². The van der Waals surface area contributed by atoms with Crippen molar-refractivity contribution >= 4 is 0 Å². The highest BCUT2D eigenvalue weighted by atomic mass is 15.0. The molecular weight excluding hydrogens is 667 g/mol. The monoisotopic (exact) mass is 701 g/mol. The van der Waals surface area contributed by atoms with E-state index in [4.69, 9.17) is 15.0 Å². The van der Waals surface area contributed by atoms with E-state index in [9.17, 15) is 0 Å². The van der Waals surface area contributed by atoms with Gasteiger partial charge in [-0.2, -0.15) is 0 Å². The van der Waals surface area contributed by atoms with Gasteiger partial charge < -0.3 is 0 Å². The van der Waals surface area contributed by atoms with Crippen LogP contribution in [0.25, 0.3) is 67.5 Å². The molecule has 1 aliphatic carbocycles. The van der Waals surface area contributed by atoms with Gasteiger partial charge in [0.2, 0.25) is 0 Å². The predicted octanol–water partition coefficient (Wildman–Crippen LogP) is 12.6. The smallest absolute Gasteiger partial charge is 0.164 e. The Morgan fingerprint density at radius 1 is 0.255 bits per heavy atom. The summed E-state index contributed by atoms with van der Waals surface area (Å²) >= 11 is 0. The van der Waals surface area contributed by atoms with Crippen molar-refractivity contribution in [2.45, 2.75) is 5.41 Å². The van der Waals surface area contributed by atoms with Crippen LogP contribution in [0.1, 0.15) is 22.3 Å². The Morgan fingerprint density at radius 2 is 0.673 bits per heavy atom. The molecule has 0 N–H and O–H groups in total. The van der Waals surface area contributed by atoms with Gasteiger partial charge in [0.05, 0.1) is 5.41 Å². The summed E-state index contributed by atoms with van der Waals surface area (Å²) in [5, 5.41) is 0. The van der Waals surface area contributed by atoms with Gasteiger partial charge in [-0.15, -0.1) is 0 Å². The van der Waals surface area contributed by atoms with Gasteiger partial charge in [-0.25, -0.2) is 15.0 Å². The molecule has 10 rings (SSSR count). The first-order chi connectivity index (χ1) is 27.3. The van der Waals surface area contributed by atoms with E-state index in [-0.39, 0.29) is 0 Å². The summed E-state index contributed by atoms with van der Waals surface area (Å²) in [4.78, 5) is 15.2. The fourth-order valence-corrected chi connectivity index (χ4v) is 8.28. The zero-order chi connectivity index (χ0) is 36.6. The zero-order valence-corrected chi connectivity index (χ0v) is 30.0. The van der Waals surface area contributed by atoms with Crippen molar-refractivity contribution in [3.8, 4) is 67.5 Å². The second-order valence-electron chi connectivity index (χ2n) is 14.0. The van der Waals surface area contributed by atoms with Crippen molar-refractivity contribution in [2.24, 2.45) is 0 Å². The highest BCUT2D eigenvalue weighted by molar-refractivity contribution is 5.90. The molecule has 0 radical (unpaired) electrons.